The zero-order valence-corrected chi connectivity index (χ0v) is 32.3. The van der Waals surface area contributed by atoms with E-state index in [2.05, 4.69) is 46.1 Å². The zero-order valence-electron chi connectivity index (χ0n) is 31.6. The number of aromatic nitrogens is 1. The van der Waals surface area contributed by atoms with Crippen molar-refractivity contribution in [3.05, 3.63) is 82.3 Å². The van der Waals surface area contributed by atoms with Crippen LogP contribution in [0, 0.1) is 23.8 Å². The second-order valence-electron chi connectivity index (χ2n) is 16.5. The molecule has 9 rings (SSSR count). The van der Waals surface area contributed by atoms with Crippen LogP contribution in [0.5, 0.6) is 0 Å². The molecule has 3 aromatic rings. The lowest BCUT2D eigenvalue weighted by Crippen LogP contribution is -2.61. The summed E-state index contributed by atoms with van der Waals surface area (Å²) in [6.07, 6.45) is 5.88. The van der Waals surface area contributed by atoms with Gasteiger partial charge in [0, 0.05) is 85.9 Å². The second-order valence-corrected chi connectivity index (χ2v) is 16.9. The first-order chi connectivity index (χ1) is 27.6. The lowest BCUT2D eigenvalue weighted by Gasteiger charge is -2.55. The van der Waals surface area contributed by atoms with Gasteiger partial charge in [0.15, 0.2) is 0 Å². The Morgan fingerprint density at radius 3 is 2.25 bits per heavy atom. The molecule has 5 amide bonds. The van der Waals surface area contributed by atoms with Crippen molar-refractivity contribution in [3.8, 4) is 0 Å². The molecule has 2 N–H and O–H groups in total. The van der Waals surface area contributed by atoms with E-state index in [0.29, 0.717) is 39.0 Å². The summed E-state index contributed by atoms with van der Waals surface area (Å²) in [4.78, 5) is 81.8. The van der Waals surface area contributed by atoms with E-state index in [-0.39, 0.29) is 30.6 Å². The van der Waals surface area contributed by atoms with Crippen molar-refractivity contribution in [1.82, 2.24) is 20.1 Å². The number of rotatable bonds is 8. The van der Waals surface area contributed by atoms with Crippen molar-refractivity contribution >= 4 is 69.7 Å². The van der Waals surface area contributed by atoms with Crippen LogP contribution in [0.3, 0.4) is 0 Å². The number of amides is 5. The van der Waals surface area contributed by atoms with Crippen LogP contribution in [0.1, 0.15) is 59.2 Å². The van der Waals surface area contributed by atoms with Crippen LogP contribution in [-0.2, 0) is 14.4 Å². The molecule has 5 fully saturated rings. The SMILES string of the molecule is [C-]#[N+]c1ccc(N2CCC(C(=O)Nc3ccc(N4CC5(CCN(CC6CN(c7ccc8c(c7)C(=O)N(C7CCC(=O)NC7=O)C8=O)C6)CC5)C4)cn3)CC2)cc1Cl. The van der Waals surface area contributed by atoms with Gasteiger partial charge in [0.05, 0.1) is 29.6 Å². The number of imide groups is 2. The molecule has 2 aromatic carbocycles. The minimum absolute atomic E-state index is 0.00180. The first-order valence-electron chi connectivity index (χ1n) is 19.8. The zero-order chi connectivity index (χ0) is 39.4. The second kappa shape index (κ2) is 14.8. The molecule has 294 valence electrons. The summed E-state index contributed by atoms with van der Waals surface area (Å²) in [5, 5.41) is 5.71. The van der Waals surface area contributed by atoms with Crippen molar-refractivity contribution in [3.63, 3.8) is 0 Å². The molecule has 7 heterocycles. The molecule has 1 atom stereocenters. The largest absolute Gasteiger partial charge is 0.372 e. The van der Waals surface area contributed by atoms with Crippen LogP contribution < -0.4 is 25.3 Å². The number of hydrogen-bond acceptors (Lipinski definition) is 10. The maximum Gasteiger partial charge on any atom is 0.262 e. The van der Waals surface area contributed by atoms with E-state index in [1.54, 1.807) is 18.2 Å². The molecular weight excluding hydrogens is 746 g/mol. The summed E-state index contributed by atoms with van der Waals surface area (Å²) in [7, 11) is 0. The third-order valence-electron chi connectivity index (χ3n) is 12.9. The Balaban J connectivity index is 0.694. The molecule has 0 aliphatic carbocycles. The lowest BCUT2D eigenvalue weighted by atomic mass is 9.71. The Hall–Kier alpha value is -5.52. The highest BCUT2D eigenvalue weighted by Crippen LogP contribution is 2.43. The van der Waals surface area contributed by atoms with Crippen LogP contribution in [-0.4, -0.2) is 109 Å². The van der Waals surface area contributed by atoms with Crippen molar-refractivity contribution < 1.29 is 24.0 Å². The van der Waals surface area contributed by atoms with Crippen molar-refractivity contribution in [2.24, 2.45) is 17.3 Å². The van der Waals surface area contributed by atoms with E-state index in [1.807, 2.05) is 30.5 Å². The molecular formula is C42H44ClN9O5. The Morgan fingerprint density at radius 2 is 1.56 bits per heavy atom. The smallest absolute Gasteiger partial charge is 0.262 e. The molecule has 1 aromatic heterocycles. The highest BCUT2D eigenvalue weighted by atomic mass is 35.5. The van der Waals surface area contributed by atoms with Crippen LogP contribution in [0.15, 0.2) is 54.7 Å². The number of anilines is 4. The van der Waals surface area contributed by atoms with Crippen LogP contribution >= 0.6 is 11.6 Å². The fraction of sp³-hybridized carbons (Fsp3) is 0.452. The number of halogens is 1. The van der Waals surface area contributed by atoms with Crippen LogP contribution in [0.25, 0.3) is 4.85 Å². The van der Waals surface area contributed by atoms with Gasteiger partial charge >= 0.3 is 0 Å². The molecule has 57 heavy (non-hydrogen) atoms. The number of carbonyl (C=O) groups excluding carboxylic acids is 5. The van der Waals surface area contributed by atoms with E-state index in [9.17, 15) is 24.0 Å². The van der Waals surface area contributed by atoms with E-state index in [1.165, 1.54) is 0 Å². The average molecular weight is 790 g/mol. The van der Waals surface area contributed by atoms with Gasteiger partial charge in [-0.1, -0.05) is 17.7 Å². The number of carbonyl (C=O) groups is 5. The van der Waals surface area contributed by atoms with Gasteiger partial charge in [-0.3, -0.25) is 34.2 Å². The maximum absolute atomic E-state index is 13.3. The molecule has 0 bridgehead atoms. The first kappa shape index (κ1) is 37.1. The summed E-state index contributed by atoms with van der Waals surface area (Å²) in [5.41, 5.74) is 4.34. The third-order valence-corrected chi connectivity index (χ3v) is 13.2. The highest BCUT2D eigenvalue weighted by molar-refractivity contribution is 6.33. The summed E-state index contributed by atoms with van der Waals surface area (Å²) in [6, 6.07) is 13.8. The van der Waals surface area contributed by atoms with E-state index in [0.717, 1.165) is 107 Å². The fourth-order valence-electron chi connectivity index (χ4n) is 9.45. The maximum atomic E-state index is 13.3. The van der Waals surface area contributed by atoms with Gasteiger partial charge < -0.3 is 24.9 Å². The minimum atomic E-state index is -0.964. The predicted molar refractivity (Wildman–Crippen MR) is 215 cm³/mol. The number of piperidine rings is 3. The Morgan fingerprint density at radius 1 is 0.860 bits per heavy atom. The quantitative estimate of drug-likeness (QED) is 0.246. The number of nitrogens with zero attached hydrogens (tertiary/aromatic N) is 7. The monoisotopic (exact) mass is 789 g/mol. The standard InChI is InChI=1S/C42H44ClN9O5/c1-44-34-6-3-29(19-33(34)43)49-14-10-27(11-15-49)38(54)46-36-8-4-30(20-45-36)51-24-42(25-51)12-16-48(17-13-42)21-26-22-50(23-26)28-2-5-31-32(18-28)41(57)52(40(31)56)35-7-9-37(53)47-39(35)55/h2-6,8,18-20,26-27,35H,7,9-17,21-25H2,(H,45,46,54)(H,47,53,55). The Labute approximate surface area is 335 Å². The normalized spacial score (nSPS) is 22.6. The summed E-state index contributed by atoms with van der Waals surface area (Å²) in [5.74, 6) is -0.943. The Kier molecular flexibility index (Phi) is 9.61. The number of likely N-dealkylation sites (tertiary alicyclic amines) is 1. The van der Waals surface area contributed by atoms with Gasteiger partial charge in [-0.05, 0) is 87.7 Å². The molecule has 1 spiro atoms. The minimum Gasteiger partial charge on any atom is -0.372 e. The van der Waals surface area contributed by atoms with E-state index >= 15 is 0 Å². The number of benzene rings is 2. The Bertz CT molecular complexity index is 2180. The number of hydrogen-bond donors (Lipinski definition) is 2. The molecule has 6 aliphatic rings. The fourth-order valence-corrected chi connectivity index (χ4v) is 9.66. The highest BCUT2D eigenvalue weighted by Gasteiger charge is 2.47. The first-order valence-corrected chi connectivity index (χ1v) is 20.2. The van der Waals surface area contributed by atoms with Crippen LogP contribution in [0.4, 0.5) is 28.6 Å². The van der Waals surface area contributed by atoms with E-state index < -0.39 is 23.8 Å². The van der Waals surface area contributed by atoms with Gasteiger partial charge in [-0.15, -0.1) is 0 Å². The lowest BCUT2D eigenvalue weighted by molar-refractivity contribution is -0.136. The summed E-state index contributed by atoms with van der Waals surface area (Å²) in [6.45, 7) is 15.6. The number of pyridine rings is 1. The van der Waals surface area contributed by atoms with Gasteiger partial charge in [0.25, 0.3) is 11.8 Å². The molecule has 15 heteroatoms. The molecule has 0 radical (unpaired) electrons. The topological polar surface area (TPSA) is 143 Å². The molecule has 6 aliphatic heterocycles. The van der Waals surface area contributed by atoms with Crippen molar-refractivity contribution in [1.29, 1.82) is 0 Å². The van der Waals surface area contributed by atoms with Gasteiger partial charge in [-0.25, -0.2) is 9.83 Å². The third kappa shape index (κ3) is 7.08. The average Bonchev–Trinajstić information content (AvgIpc) is 3.43. The number of fused-ring (bicyclic) bond motifs is 1. The van der Waals surface area contributed by atoms with Crippen molar-refractivity contribution in [2.45, 2.75) is 44.6 Å². The van der Waals surface area contributed by atoms with E-state index in [4.69, 9.17) is 18.2 Å². The molecule has 1 unspecified atom stereocenters. The summed E-state index contributed by atoms with van der Waals surface area (Å²) < 4.78 is 0. The molecule has 0 saturated carbocycles. The van der Waals surface area contributed by atoms with Gasteiger partial charge in [0.1, 0.15) is 11.9 Å². The predicted octanol–water partition coefficient (Wildman–Crippen LogP) is 4.58. The van der Waals surface area contributed by atoms with Crippen molar-refractivity contribution in [2.75, 3.05) is 78.9 Å². The van der Waals surface area contributed by atoms with Gasteiger partial charge in [-0.2, -0.15) is 0 Å². The van der Waals surface area contributed by atoms with Crippen LogP contribution in [0.2, 0.25) is 5.02 Å². The molecule has 5 saturated heterocycles. The number of nitrogens with one attached hydrogen (secondary N) is 2. The summed E-state index contributed by atoms with van der Waals surface area (Å²) >= 11 is 6.24. The van der Waals surface area contributed by atoms with Gasteiger partial charge in [0.2, 0.25) is 23.4 Å². The molecule has 14 nitrogen and oxygen atoms in total.